The fraction of sp³-hybridized carbons (Fsp3) is 0.478. The number of aryl methyl sites for hydroxylation is 1. The van der Waals surface area contributed by atoms with Crippen LogP contribution in [0.15, 0.2) is 30.6 Å². The van der Waals surface area contributed by atoms with Gasteiger partial charge in [-0.1, -0.05) is 18.3 Å². The van der Waals surface area contributed by atoms with Crippen LogP contribution in [0.2, 0.25) is 0 Å². The summed E-state index contributed by atoms with van der Waals surface area (Å²) in [7, 11) is 0. The van der Waals surface area contributed by atoms with Gasteiger partial charge in [0.15, 0.2) is 11.6 Å². The maximum Gasteiger partial charge on any atom is 0.323 e. The smallest absolute Gasteiger partial charge is 0.323 e. The number of aromatic nitrogens is 2. The van der Waals surface area contributed by atoms with Crippen molar-refractivity contribution in [2.45, 2.75) is 45.2 Å². The first-order chi connectivity index (χ1) is 15.5. The minimum absolute atomic E-state index is 0.0776. The number of benzene rings is 1. The van der Waals surface area contributed by atoms with E-state index >= 15 is 0 Å². The predicted octanol–water partition coefficient (Wildman–Crippen LogP) is 3.54. The van der Waals surface area contributed by atoms with E-state index < -0.39 is 0 Å². The molecule has 7 nitrogen and oxygen atoms in total. The zero-order valence-electron chi connectivity index (χ0n) is 18.1. The number of rotatable bonds is 11. The normalized spacial score (nSPS) is 16.9. The molecule has 0 spiro atoms. The molecule has 0 bridgehead atoms. The number of nitrogens with zero attached hydrogens (tertiary/aromatic N) is 3. The summed E-state index contributed by atoms with van der Waals surface area (Å²) in [5.41, 5.74) is 2.63. The van der Waals surface area contributed by atoms with E-state index in [9.17, 15) is 9.18 Å². The van der Waals surface area contributed by atoms with Gasteiger partial charge in [-0.05, 0) is 62.8 Å². The van der Waals surface area contributed by atoms with E-state index in [2.05, 4.69) is 27.5 Å². The molecule has 1 saturated carbocycles. The number of nitrogens with one attached hydrogen (secondary N) is 2. The highest BCUT2D eigenvalue weighted by Gasteiger charge is 2.24. The summed E-state index contributed by atoms with van der Waals surface area (Å²) in [5, 5.41) is 6.10. The first-order valence-corrected chi connectivity index (χ1v) is 11.4. The van der Waals surface area contributed by atoms with Gasteiger partial charge in [0.25, 0.3) is 0 Å². The van der Waals surface area contributed by atoms with E-state index in [4.69, 9.17) is 17.0 Å². The van der Waals surface area contributed by atoms with Gasteiger partial charge in [-0.25, -0.2) is 9.18 Å². The van der Waals surface area contributed by atoms with Crippen LogP contribution in [0.3, 0.4) is 0 Å². The molecule has 1 atom stereocenters. The lowest BCUT2D eigenvalue weighted by atomic mass is 10.1. The fourth-order valence-corrected chi connectivity index (χ4v) is 3.80. The molecule has 2 fully saturated rings. The van der Waals surface area contributed by atoms with Gasteiger partial charge in [0.2, 0.25) is 0 Å². The lowest BCUT2D eigenvalue weighted by molar-refractivity contribution is 0.215. The molecule has 2 amide bonds. The molecule has 0 radical (unpaired) electrons. The Bertz CT molecular complexity index is 985. The second-order valence-corrected chi connectivity index (χ2v) is 8.93. The number of ether oxygens (including phenoxy) is 1. The molecule has 1 aliphatic heterocycles. The van der Waals surface area contributed by atoms with Crippen molar-refractivity contribution in [2.24, 2.45) is 5.92 Å². The van der Waals surface area contributed by atoms with Crippen molar-refractivity contribution < 1.29 is 13.9 Å². The van der Waals surface area contributed by atoms with Gasteiger partial charge in [-0.3, -0.25) is 9.97 Å². The summed E-state index contributed by atoms with van der Waals surface area (Å²) in [6.45, 7) is 4.24. The Hall–Kier alpha value is -2.65. The molecule has 1 aromatic heterocycles. The van der Waals surface area contributed by atoms with E-state index in [0.29, 0.717) is 36.4 Å². The lowest BCUT2D eigenvalue weighted by Gasteiger charge is -2.16. The van der Waals surface area contributed by atoms with Crippen LogP contribution in [0.5, 0.6) is 5.75 Å². The molecule has 2 heterocycles. The minimum atomic E-state index is -0.312. The molecular formula is C23H28FN5O2S. The van der Waals surface area contributed by atoms with Crippen molar-refractivity contribution in [3.8, 4) is 5.75 Å². The number of amides is 2. The van der Waals surface area contributed by atoms with Crippen LogP contribution in [-0.2, 0) is 13.0 Å². The predicted molar refractivity (Wildman–Crippen MR) is 123 cm³/mol. The van der Waals surface area contributed by atoms with E-state index in [0.717, 1.165) is 36.3 Å². The van der Waals surface area contributed by atoms with Crippen LogP contribution in [0, 0.1) is 11.7 Å². The molecule has 9 heteroatoms. The van der Waals surface area contributed by atoms with Crippen molar-refractivity contribution in [1.82, 2.24) is 25.5 Å². The lowest BCUT2D eigenvalue weighted by Crippen LogP contribution is -2.28. The zero-order valence-corrected chi connectivity index (χ0v) is 19.0. The Morgan fingerprint density at radius 2 is 2.16 bits per heavy atom. The van der Waals surface area contributed by atoms with Gasteiger partial charge in [-0.15, -0.1) is 0 Å². The maximum atomic E-state index is 14.0. The van der Waals surface area contributed by atoms with E-state index in [1.165, 1.54) is 18.9 Å². The largest absolute Gasteiger partial charge is 0.490 e. The molecule has 4 rings (SSSR count). The number of hydrogen-bond donors (Lipinski definition) is 2. The molecule has 1 aromatic carbocycles. The summed E-state index contributed by atoms with van der Waals surface area (Å²) in [6.07, 6.45) is 7.43. The van der Waals surface area contributed by atoms with Gasteiger partial charge >= 0.3 is 6.03 Å². The second kappa shape index (κ2) is 10.3. The molecule has 2 N–H and O–H groups in total. The van der Waals surface area contributed by atoms with Crippen molar-refractivity contribution in [1.29, 1.82) is 0 Å². The van der Waals surface area contributed by atoms with Crippen molar-refractivity contribution in [3.63, 3.8) is 0 Å². The Labute approximate surface area is 192 Å². The van der Waals surface area contributed by atoms with E-state index in [1.54, 1.807) is 29.4 Å². The third-order valence-corrected chi connectivity index (χ3v) is 5.87. The summed E-state index contributed by atoms with van der Waals surface area (Å²) >= 11 is 5.04. The molecular weight excluding hydrogens is 429 g/mol. The highest BCUT2D eigenvalue weighted by atomic mass is 32.1. The number of halogens is 1. The Morgan fingerprint density at radius 3 is 2.91 bits per heavy atom. The third kappa shape index (κ3) is 6.20. The average molecular weight is 458 g/mol. The maximum absolute atomic E-state index is 14.0. The number of hydrogen-bond acceptors (Lipinski definition) is 6. The minimum Gasteiger partial charge on any atom is -0.490 e. The highest BCUT2D eigenvalue weighted by Crippen LogP contribution is 2.31. The summed E-state index contributed by atoms with van der Waals surface area (Å²) in [4.78, 5) is 22.8. The van der Waals surface area contributed by atoms with Crippen molar-refractivity contribution in [3.05, 3.63) is 53.4 Å². The SMILES string of the molecule is C[C@@H](NCCCc1cncc(CN2CC(=S)NC2=O)n1)c1ccc(F)c(OCC2CC2)c1. The number of thiocarbonyl (C=S) groups is 1. The summed E-state index contributed by atoms with van der Waals surface area (Å²) < 4.78 is 19.7. The first-order valence-electron chi connectivity index (χ1n) is 11.0. The molecule has 32 heavy (non-hydrogen) atoms. The van der Waals surface area contributed by atoms with Crippen LogP contribution >= 0.6 is 12.2 Å². The second-order valence-electron chi connectivity index (χ2n) is 8.43. The summed E-state index contributed by atoms with van der Waals surface area (Å²) in [5.74, 6) is 0.607. The Morgan fingerprint density at radius 1 is 1.34 bits per heavy atom. The molecule has 2 aliphatic rings. The van der Waals surface area contributed by atoms with Crippen LogP contribution in [0.25, 0.3) is 0 Å². The van der Waals surface area contributed by atoms with Crippen molar-refractivity contribution in [2.75, 3.05) is 19.7 Å². The quantitative estimate of drug-likeness (QED) is 0.397. The van der Waals surface area contributed by atoms with E-state index in [-0.39, 0.29) is 17.9 Å². The summed E-state index contributed by atoms with van der Waals surface area (Å²) in [6, 6.07) is 4.96. The van der Waals surface area contributed by atoms with Crippen LogP contribution in [0.1, 0.15) is 49.2 Å². The van der Waals surface area contributed by atoms with Crippen LogP contribution < -0.4 is 15.4 Å². The van der Waals surface area contributed by atoms with Gasteiger partial charge in [0.1, 0.15) is 4.99 Å². The first kappa shape index (κ1) is 22.5. The van der Waals surface area contributed by atoms with Crippen LogP contribution in [-0.4, -0.2) is 45.6 Å². The van der Waals surface area contributed by atoms with Crippen molar-refractivity contribution >= 4 is 23.2 Å². The molecule has 1 saturated heterocycles. The highest BCUT2D eigenvalue weighted by molar-refractivity contribution is 7.80. The van der Waals surface area contributed by atoms with Gasteiger partial charge < -0.3 is 20.3 Å². The average Bonchev–Trinajstić information content (AvgIpc) is 3.55. The number of carbonyl (C=O) groups is 1. The standard InChI is InChI=1S/C23H28FN5O2S/c1-15(17-6-7-20(24)21(9-17)31-14-16-4-5-16)26-8-2-3-18-10-25-11-19(27-18)12-29-13-22(32)28-23(29)30/h6-7,9-11,15-16,26H,2-5,8,12-14H2,1H3,(H,28,30,32)/t15-/m1/s1. The zero-order chi connectivity index (χ0) is 22.5. The number of urea groups is 1. The Kier molecular flexibility index (Phi) is 7.26. The topological polar surface area (TPSA) is 79.4 Å². The number of carbonyl (C=O) groups excluding carboxylic acids is 1. The third-order valence-electron chi connectivity index (χ3n) is 5.64. The molecule has 170 valence electrons. The molecule has 1 aliphatic carbocycles. The van der Waals surface area contributed by atoms with Gasteiger partial charge in [-0.2, -0.15) is 0 Å². The fourth-order valence-electron chi connectivity index (χ4n) is 3.55. The van der Waals surface area contributed by atoms with Crippen LogP contribution in [0.4, 0.5) is 9.18 Å². The monoisotopic (exact) mass is 457 g/mol. The van der Waals surface area contributed by atoms with E-state index in [1.807, 2.05) is 0 Å². The van der Waals surface area contributed by atoms with Gasteiger partial charge in [0.05, 0.1) is 37.3 Å². The molecule has 0 unspecified atom stereocenters. The Balaban J connectivity index is 1.23. The van der Waals surface area contributed by atoms with Gasteiger partial charge in [0, 0.05) is 12.2 Å². The molecule has 2 aromatic rings.